The fourth-order valence-corrected chi connectivity index (χ4v) is 3.19. The van der Waals surface area contributed by atoms with Crippen molar-refractivity contribution in [3.05, 3.63) is 0 Å². The molecule has 0 saturated heterocycles. The van der Waals surface area contributed by atoms with Crippen LogP contribution in [0.3, 0.4) is 0 Å². The molecule has 114 valence electrons. The summed E-state index contributed by atoms with van der Waals surface area (Å²) < 4.78 is 0. The maximum atomic E-state index is 3.59. The van der Waals surface area contributed by atoms with Crippen LogP contribution >= 0.6 is 0 Å². The predicted molar refractivity (Wildman–Crippen MR) is 85.6 cm³/mol. The largest absolute Gasteiger partial charge is 0.315 e. The molecule has 0 radical (unpaired) electrons. The summed E-state index contributed by atoms with van der Waals surface area (Å²) in [6.45, 7) is 10.5. The van der Waals surface area contributed by atoms with E-state index in [4.69, 9.17) is 0 Å². The highest BCUT2D eigenvalue weighted by molar-refractivity contribution is 4.77. The Hall–Kier alpha value is -0.0800. The summed E-state index contributed by atoms with van der Waals surface area (Å²) in [5.41, 5.74) is 0. The van der Waals surface area contributed by atoms with Crippen LogP contribution in [0.1, 0.15) is 65.7 Å². The number of rotatable bonds is 9. The molecule has 0 amide bonds. The van der Waals surface area contributed by atoms with Gasteiger partial charge < -0.3 is 10.2 Å². The van der Waals surface area contributed by atoms with Crippen LogP contribution in [0.2, 0.25) is 0 Å². The SMILES string of the molecule is CCC1CCC(N(C)CCNCCCC(C)C)CC1. The van der Waals surface area contributed by atoms with Crippen molar-refractivity contribution in [3.8, 4) is 0 Å². The summed E-state index contributed by atoms with van der Waals surface area (Å²) >= 11 is 0. The van der Waals surface area contributed by atoms with Gasteiger partial charge in [-0.15, -0.1) is 0 Å². The van der Waals surface area contributed by atoms with E-state index in [0.717, 1.165) is 24.4 Å². The van der Waals surface area contributed by atoms with Crippen molar-refractivity contribution in [1.82, 2.24) is 10.2 Å². The summed E-state index contributed by atoms with van der Waals surface area (Å²) in [6.07, 6.45) is 9.80. The van der Waals surface area contributed by atoms with Gasteiger partial charge in [0.2, 0.25) is 0 Å². The Labute approximate surface area is 121 Å². The van der Waals surface area contributed by atoms with Crippen LogP contribution in [0.4, 0.5) is 0 Å². The van der Waals surface area contributed by atoms with Crippen LogP contribution in [-0.2, 0) is 0 Å². The number of hydrogen-bond acceptors (Lipinski definition) is 2. The maximum Gasteiger partial charge on any atom is 0.0107 e. The van der Waals surface area contributed by atoms with Crippen molar-refractivity contribution < 1.29 is 0 Å². The second kappa shape index (κ2) is 9.77. The first-order chi connectivity index (χ1) is 9.13. The van der Waals surface area contributed by atoms with Crippen LogP contribution in [-0.4, -0.2) is 37.6 Å². The molecule has 0 bridgehead atoms. The Kier molecular flexibility index (Phi) is 8.72. The van der Waals surface area contributed by atoms with Crippen molar-refractivity contribution in [1.29, 1.82) is 0 Å². The smallest absolute Gasteiger partial charge is 0.0107 e. The fourth-order valence-electron chi connectivity index (χ4n) is 3.19. The van der Waals surface area contributed by atoms with Gasteiger partial charge in [0.15, 0.2) is 0 Å². The Bertz CT molecular complexity index is 207. The second-order valence-corrected chi connectivity index (χ2v) is 6.85. The Morgan fingerprint density at radius 1 is 1.11 bits per heavy atom. The maximum absolute atomic E-state index is 3.59. The lowest BCUT2D eigenvalue weighted by Gasteiger charge is -2.34. The molecular formula is C17H36N2. The molecule has 1 aliphatic carbocycles. The van der Waals surface area contributed by atoms with Gasteiger partial charge in [0.25, 0.3) is 0 Å². The standard InChI is InChI=1S/C17H36N2/c1-5-16-8-10-17(11-9-16)19(4)14-13-18-12-6-7-15(2)3/h15-18H,5-14H2,1-4H3. The lowest BCUT2D eigenvalue weighted by molar-refractivity contribution is 0.164. The Balaban J connectivity index is 2.00. The highest BCUT2D eigenvalue weighted by Crippen LogP contribution is 2.28. The summed E-state index contributed by atoms with van der Waals surface area (Å²) in [7, 11) is 2.31. The van der Waals surface area contributed by atoms with Crippen LogP contribution in [0, 0.1) is 11.8 Å². The minimum Gasteiger partial charge on any atom is -0.315 e. The van der Waals surface area contributed by atoms with E-state index in [1.165, 1.54) is 58.0 Å². The number of nitrogens with zero attached hydrogens (tertiary/aromatic N) is 1. The van der Waals surface area contributed by atoms with E-state index in [-0.39, 0.29) is 0 Å². The van der Waals surface area contributed by atoms with Crippen molar-refractivity contribution in [2.24, 2.45) is 11.8 Å². The topological polar surface area (TPSA) is 15.3 Å². The zero-order valence-corrected chi connectivity index (χ0v) is 13.8. The molecule has 2 heteroatoms. The van der Waals surface area contributed by atoms with Crippen molar-refractivity contribution in [2.45, 2.75) is 71.8 Å². The second-order valence-electron chi connectivity index (χ2n) is 6.85. The van der Waals surface area contributed by atoms with E-state index in [1.54, 1.807) is 0 Å². The van der Waals surface area contributed by atoms with Gasteiger partial charge in [-0.05, 0) is 64.0 Å². The third kappa shape index (κ3) is 7.31. The highest BCUT2D eigenvalue weighted by Gasteiger charge is 2.22. The predicted octanol–water partition coefficient (Wildman–Crippen LogP) is 3.91. The first-order valence-electron chi connectivity index (χ1n) is 8.54. The van der Waals surface area contributed by atoms with Crippen molar-refractivity contribution in [3.63, 3.8) is 0 Å². The quantitative estimate of drug-likeness (QED) is 0.638. The van der Waals surface area contributed by atoms with Gasteiger partial charge in [0.1, 0.15) is 0 Å². The molecule has 1 N–H and O–H groups in total. The molecule has 1 aliphatic rings. The highest BCUT2D eigenvalue weighted by atomic mass is 15.1. The first kappa shape index (κ1) is 17.0. The normalized spacial score (nSPS) is 24.3. The van der Waals surface area contributed by atoms with Crippen molar-refractivity contribution >= 4 is 0 Å². The van der Waals surface area contributed by atoms with Gasteiger partial charge in [-0.3, -0.25) is 0 Å². The average Bonchev–Trinajstić information content (AvgIpc) is 2.42. The van der Waals surface area contributed by atoms with Gasteiger partial charge >= 0.3 is 0 Å². The third-order valence-electron chi connectivity index (χ3n) is 4.79. The zero-order chi connectivity index (χ0) is 14.1. The lowest BCUT2D eigenvalue weighted by atomic mass is 9.84. The van der Waals surface area contributed by atoms with Crippen LogP contribution in [0.25, 0.3) is 0 Å². The monoisotopic (exact) mass is 268 g/mol. The average molecular weight is 268 g/mol. The number of likely N-dealkylation sites (N-methyl/N-ethyl adjacent to an activating group) is 1. The molecule has 0 aromatic rings. The molecular weight excluding hydrogens is 232 g/mol. The summed E-state index contributed by atoms with van der Waals surface area (Å²) in [5.74, 6) is 1.86. The van der Waals surface area contributed by atoms with Crippen molar-refractivity contribution in [2.75, 3.05) is 26.7 Å². The summed E-state index contributed by atoms with van der Waals surface area (Å²) in [4.78, 5) is 2.58. The van der Waals surface area contributed by atoms with E-state index in [1.807, 2.05) is 0 Å². The van der Waals surface area contributed by atoms with Gasteiger partial charge in [-0.2, -0.15) is 0 Å². The summed E-state index contributed by atoms with van der Waals surface area (Å²) in [6, 6.07) is 0.847. The zero-order valence-electron chi connectivity index (χ0n) is 13.8. The van der Waals surface area contributed by atoms with E-state index in [2.05, 4.69) is 38.0 Å². The molecule has 0 atom stereocenters. The molecule has 19 heavy (non-hydrogen) atoms. The lowest BCUT2D eigenvalue weighted by Crippen LogP contribution is -2.39. The van der Waals surface area contributed by atoms with E-state index < -0.39 is 0 Å². The molecule has 1 saturated carbocycles. The minimum absolute atomic E-state index is 0.846. The van der Waals surface area contributed by atoms with E-state index in [9.17, 15) is 0 Å². The number of hydrogen-bond donors (Lipinski definition) is 1. The molecule has 0 aromatic carbocycles. The third-order valence-corrected chi connectivity index (χ3v) is 4.79. The fraction of sp³-hybridized carbons (Fsp3) is 1.00. The van der Waals surface area contributed by atoms with Gasteiger partial charge in [-0.25, -0.2) is 0 Å². The molecule has 1 rings (SSSR count). The molecule has 0 heterocycles. The van der Waals surface area contributed by atoms with Crippen LogP contribution in [0.5, 0.6) is 0 Å². The first-order valence-corrected chi connectivity index (χ1v) is 8.54. The van der Waals surface area contributed by atoms with Crippen LogP contribution in [0.15, 0.2) is 0 Å². The van der Waals surface area contributed by atoms with E-state index >= 15 is 0 Å². The molecule has 1 fully saturated rings. The van der Waals surface area contributed by atoms with Gasteiger partial charge in [0.05, 0.1) is 0 Å². The van der Waals surface area contributed by atoms with Crippen LogP contribution < -0.4 is 5.32 Å². The minimum atomic E-state index is 0.846. The Morgan fingerprint density at radius 3 is 2.37 bits per heavy atom. The molecule has 0 unspecified atom stereocenters. The Morgan fingerprint density at radius 2 is 1.79 bits per heavy atom. The molecule has 2 nitrogen and oxygen atoms in total. The van der Waals surface area contributed by atoms with Gasteiger partial charge in [0, 0.05) is 19.1 Å². The number of nitrogens with one attached hydrogen (secondary N) is 1. The molecule has 0 spiro atoms. The van der Waals surface area contributed by atoms with Gasteiger partial charge in [-0.1, -0.05) is 27.2 Å². The molecule has 0 aliphatic heterocycles. The summed E-state index contributed by atoms with van der Waals surface area (Å²) in [5, 5.41) is 3.59. The van der Waals surface area contributed by atoms with E-state index in [0.29, 0.717) is 0 Å². The molecule has 0 aromatic heterocycles.